The lowest BCUT2D eigenvalue weighted by molar-refractivity contribution is 1.13. The van der Waals surface area contributed by atoms with Crippen molar-refractivity contribution in [2.75, 3.05) is 0 Å². The van der Waals surface area contributed by atoms with Gasteiger partial charge in [0.25, 0.3) is 0 Å². The van der Waals surface area contributed by atoms with Gasteiger partial charge in [-0.15, -0.1) is 5.10 Å². The highest BCUT2D eigenvalue weighted by Gasteiger charge is 1.85. The van der Waals surface area contributed by atoms with E-state index in [0.29, 0.717) is 5.69 Å². The largest absolute Gasteiger partial charge is 0.323 e. The molecule has 0 atom stereocenters. The lowest BCUT2D eigenvalue weighted by atomic mass is 10.6. The van der Waals surface area contributed by atoms with Crippen LogP contribution >= 0.6 is 11.5 Å². The fraction of sp³-hybridized carbons (Fsp3) is 0. The second kappa shape index (κ2) is 2.37. The van der Waals surface area contributed by atoms with E-state index in [0.717, 1.165) is 0 Å². The number of hydrogen-bond acceptors (Lipinski definition) is 5. The molecular weight excluding hydrogens is 124 g/mol. The Morgan fingerprint density at radius 1 is 1.88 bits per heavy atom. The zero-order chi connectivity index (χ0) is 5.82. The SMILES string of the molecule is N/N=C/c1csnn1. The summed E-state index contributed by atoms with van der Waals surface area (Å²) in [6.45, 7) is 0. The molecular formula is C3H4N4S. The molecule has 0 radical (unpaired) electrons. The van der Waals surface area contributed by atoms with Crippen LogP contribution in [-0.2, 0) is 0 Å². The lowest BCUT2D eigenvalue weighted by Crippen LogP contribution is -1.85. The second-order valence-corrected chi connectivity index (χ2v) is 1.72. The van der Waals surface area contributed by atoms with Gasteiger partial charge in [0.2, 0.25) is 0 Å². The van der Waals surface area contributed by atoms with Gasteiger partial charge in [0.05, 0.1) is 6.21 Å². The van der Waals surface area contributed by atoms with Crippen molar-refractivity contribution in [1.29, 1.82) is 0 Å². The van der Waals surface area contributed by atoms with Crippen molar-refractivity contribution in [3.63, 3.8) is 0 Å². The smallest absolute Gasteiger partial charge is 0.118 e. The summed E-state index contributed by atoms with van der Waals surface area (Å²) in [4.78, 5) is 0. The maximum Gasteiger partial charge on any atom is 0.118 e. The van der Waals surface area contributed by atoms with Crippen LogP contribution in [0.3, 0.4) is 0 Å². The molecule has 0 aliphatic rings. The summed E-state index contributed by atoms with van der Waals surface area (Å²) in [5, 5.41) is 8.66. The van der Waals surface area contributed by atoms with Crippen LogP contribution in [0.4, 0.5) is 0 Å². The topological polar surface area (TPSA) is 64.2 Å². The van der Waals surface area contributed by atoms with E-state index in [1.54, 1.807) is 5.38 Å². The van der Waals surface area contributed by atoms with Gasteiger partial charge >= 0.3 is 0 Å². The Kier molecular flexibility index (Phi) is 1.53. The molecule has 1 rings (SSSR count). The Labute approximate surface area is 50.2 Å². The number of nitrogens with two attached hydrogens (primary N) is 1. The Morgan fingerprint density at radius 2 is 2.75 bits per heavy atom. The van der Waals surface area contributed by atoms with E-state index in [1.807, 2.05) is 0 Å². The monoisotopic (exact) mass is 128 g/mol. The van der Waals surface area contributed by atoms with Crippen LogP contribution in [0, 0.1) is 0 Å². The van der Waals surface area contributed by atoms with E-state index in [2.05, 4.69) is 14.7 Å². The molecule has 5 heteroatoms. The molecule has 0 bridgehead atoms. The van der Waals surface area contributed by atoms with Crippen LogP contribution in [0.2, 0.25) is 0 Å². The molecule has 1 aromatic heterocycles. The van der Waals surface area contributed by atoms with Gasteiger partial charge in [-0.3, -0.25) is 0 Å². The van der Waals surface area contributed by atoms with Crippen molar-refractivity contribution < 1.29 is 0 Å². The summed E-state index contributed by atoms with van der Waals surface area (Å²) in [6, 6.07) is 0. The second-order valence-electron chi connectivity index (χ2n) is 1.11. The van der Waals surface area contributed by atoms with Gasteiger partial charge in [0, 0.05) is 5.38 Å². The van der Waals surface area contributed by atoms with Crippen LogP contribution in [0.5, 0.6) is 0 Å². The van der Waals surface area contributed by atoms with Gasteiger partial charge in [-0.25, -0.2) is 0 Å². The molecule has 0 amide bonds. The van der Waals surface area contributed by atoms with E-state index in [1.165, 1.54) is 17.7 Å². The summed E-state index contributed by atoms with van der Waals surface area (Å²) < 4.78 is 3.59. The lowest BCUT2D eigenvalue weighted by Gasteiger charge is -1.71. The van der Waals surface area contributed by atoms with Crippen molar-refractivity contribution in [3.05, 3.63) is 11.1 Å². The fourth-order valence-corrected chi connectivity index (χ4v) is 0.709. The molecule has 0 aromatic carbocycles. The number of nitrogens with zero attached hydrogens (tertiary/aromatic N) is 3. The van der Waals surface area contributed by atoms with Crippen molar-refractivity contribution in [2.24, 2.45) is 10.9 Å². The molecule has 0 saturated carbocycles. The molecule has 0 aliphatic carbocycles. The number of hydrogen-bond donors (Lipinski definition) is 1. The minimum atomic E-state index is 0.706. The van der Waals surface area contributed by atoms with E-state index in [-0.39, 0.29) is 0 Å². The first-order valence-corrected chi connectivity index (χ1v) is 2.77. The molecule has 42 valence electrons. The van der Waals surface area contributed by atoms with Crippen molar-refractivity contribution in [3.8, 4) is 0 Å². The summed E-state index contributed by atoms with van der Waals surface area (Å²) in [5.41, 5.74) is 0.706. The maximum atomic E-state index is 4.83. The van der Waals surface area contributed by atoms with Crippen LogP contribution in [0.1, 0.15) is 5.69 Å². The molecule has 0 spiro atoms. The van der Waals surface area contributed by atoms with Crippen molar-refractivity contribution >= 4 is 17.7 Å². The molecule has 0 fully saturated rings. The van der Waals surface area contributed by atoms with Gasteiger partial charge in [-0.2, -0.15) is 5.10 Å². The first-order chi connectivity index (χ1) is 3.93. The van der Waals surface area contributed by atoms with E-state index in [4.69, 9.17) is 5.84 Å². The summed E-state index contributed by atoms with van der Waals surface area (Å²) in [6.07, 6.45) is 1.45. The predicted molar refractivity (Wildman–Crippen MR) is 31.7 cm³/mol. The van der Waals surface area contributed by atoms with Gasteiger partial charge < -0.3 is 5.84 Å². The third-order valence-corrected chi connectivity index (χ3v) is 1.11. The minimum absolute atomic E-state index is 0.706. The molecule has 1 heterocycles. The van der Waals surface area contributed by atoms with Gasteiger partial charge in [0.1, 0.15) is 5.69 Å². The minimum Gasteiger partial charge on any atom is -0.323 e. The standard InChI is InChI=1S/C3H4N4S/c4-5-1-3-2-8-7-6-3/h1-2H,4H2/b5-1+. The third-order valence-electron chi connectivity index (χ3n) is 0.584. The molecule has 0 unspecified atom stereocenters. The zero-order valence-corrected chi connectivity index (χ0v) is 4.80. The van der Waals surface area contributed by atoms with Crippen LogP contribution in [0.25, 0.3) is 0 Å². The normalized spacial score (nSPS) is 10.5. The van der Waals surface area contributed by atoms with E-state index >= 15 is 0 Å². The van der Waals surface area contributed by atoms with Crippen molar-refractivity contribution in [1.82, 2.24) is 9.59 Å². The molecule has 8 heavy (non-hydrogen) atoms. The Morgan fingerprint density at radius 3 is 3.25 bits per heavy atom. The van der Waals surface area contributed by atoms with Crippen LogP contribution in [0.15, 0.2) is 10.5 Å². The summed E-state index contributed by atoms with van der Waals surface area (Å²) >= 11 is 1.27. The number of aromatic nitrogens is 2. The molecule has 0 aliphatic heterocycles. The maximum absolute atomic E-state index is 4.83. The fourth-order valence-electron chi connectivity index (χ4n) is 0.304. The molecule has 0 saturated heterocycles. The number of rotatable bonds is 1. The first kappa shape index (κ1) is 5.17. The third kappa shape index (κ3) is 1.00. The molecule has 4 nitrogen and oxygen atoms in total. The first-order valence-electron chi connectivity index (χ1n) is 1.94. The van der Waals surface area contributed by atoms with Gasteiger partial charge in [0.15, 0.2) is 0 Å². The van der Waals surface area contributed by atoms with Crippen molar-refractivity contribution in [2.45, 2.75) is 0 Å². The van der Waals surface area contributed by atoms with Gasteiger partial charge in [-0.1, -0.05) is 4.49 Å². The molecule has 2 N–H and O–H groups in total. The Balaban J connectivity index is 2.77. The Bertz CT molecular complexity index is 167. The Hall–Kier alpha value is -0.970. The van der Waals surface area contributed by atoms with E-state index < -0.39 is 0 Å². The number of hydrazone groups is 1. The molecule has 1 aromatic rings. The summed E-state index contributed by atoms with van der Waals surface area (Å²) in [5.74, 6) is 4.83. The summed E-state index contributed by atoms with van der Waals surface area (Å²) in [7, 11) is 0. The highest BCUT2D eigenvalue weighted by Crippen LogP contribution is 1.90. The predicted octanol–water partition coefficient (Wildman–Crippen LogP) is -0.169. The zero-order valence-electron chi connectivity index (χ0n) is 3.98. The van der Waals surface area contributed by atoms with Gasteiger partial charge in [-0.05, 0) is 11.5 Å². The quantitative estimate of drug-likeness (QED) is 0.324. The highest BCUT2D eigenvalue weighted by atomic mass is 32.1. The van der Waals surface area contributed by atoms with Crippen LogP contribution in [-0.4, -0.2) is 15.8 Å². The van der Waals surface area contributed by atoms with E-state index in [9.17, 15) is 0 Å². The van der Waals surface area contributed by atoms with Crippen LogP contribution < -0.4 is 5.84 Å². The average molecular weight is 128 g/mol. The highest BCUT2D eigenvalue weighted by molar-refractivity contribution is 7.03. The average Bonchev–Trinajstić information content (AvgIpc) is 2.19.